The van der Waals surface area contributed by atoms with Gasteiger partial charge in [0.05, 0.1) is 5.52 Å². The van der Waals surface area contributed by atoms with Crippen LogP contribution >= 0.6 is 0 Å². The van der Waals surface area contributed by atoms with Gasteiger partial charge in [-0.05, 0) is 30.7 Å². The summed E-state index contributed by atoms with van der Waals surface area (Å²) in [6, 6.07) is 14.6. The van der Waals surface area contributed by atoms with Crippen LogP contribution in [0.3, 0.4) is 0 Å². The summed E-state index contributed by atoms with van der Waals surface area (Å²) in [5, 5.41) is 26.8. The molecule has 3 rings (SSSR count). The van der Waals surface area contributed by atoms with Gasteiger partial charge in [-0.2, -0.15) is 0 Å². The fourth-order valence-corrected chi connectivity index (χ4v) is 2.70. The highest BCUT2D eigenvalue weighted by Crippen LogP contribution is 2.38. The van der Waals surface area contributed by atoms with Crippen molar-refractivity contribution in [1.82, 2.24) is 4.57 Å². The lowest BCUT2D eigenvalue weighted by Gasteiger charge is -2.09. The van der Waals surface area contributed by atoms with E-state index >= 15 is 0 Å². The van der Waals surface area contributed by atoms with Crippen LogP contribution < -0.4 is 16.5 Å². The lowest BCUT2D eigenvalue weighted by atomic mass is 10.2. The molecule has 0 spiro atoms. The van der Waals surface area contributed by atoms with Crippen LogP contribution in [0.2, 0.25) is 0 Å². The van der Waals surface area contributed by atoms with Crippen LogP contribution in [0.15, 0.2) is 58.8 Å². The number of aryl methyl sites for hydroxylation is 1. The van der Waals surface area contributed by atoms with E-state index in [9.17, 15) is 9.90 Å². The minimum atomic E-state index is -0.278. The number of carbonyl (C=O) groups excluding carboxylic acids is 1. The summed E-state index contributed by atoms with van der Waals surface area (Å²) in [4.78, 5) is 12.4. The third-order valence-corrected chi connectivity index (χ3v) is 3.79. The number of aromatic hydroxyl groups is 1. The standard InChI is InChI=1S/C18H18N6O2/c1-11-5-4-6-12(9-11)21-15(25)10-24-14-8-3-2-7-13(14)16(17(24)26)22-23-18(19)20/h2-9,26H,10H2,1H3,(H3,19,20)(H,21,25)/p+1. The van der Waals surface area contributed by atoms with Crippen LogP contribution in [-0.2, 0) is 11.3 Å². The number of anilines is 1. The number of fused-ring (bicyclic) bond motifs is 1. The first-order valence-corrected chi connectivity index (χ1v) is 7.92. The van der Waals surface area contributed by atoms with Crippen LogP contribution in [0.1, 0.15) is 5.56 Å². The summed E-state index contributed by atoms with van der Waals surface area (Å²) in [6.07, 6.45) is 0. The Bertz CT molecular complexity index is 1020. The van der Waals surface area contributed by atoms with E-state index in [1.54, 1.807) is 30.3 Å². The van der Waals surface area contributed by atoms with E-state index in [1.807, 2.05) is 25.1 Å². The fraction of sp³-hybridized carbons (Fsp3) is 0.111. The topological polar surface area (TPSA) is 131 Å². The van der Waals surface area contributed by atoms with Gasteiger partial charge in [0.25, 0.3) is 0 Å². The second-order valence-electron chi connectivity index (χ2n) is 5.82. The van der Waals surface area contributed by atoms with E-state index in [-0.39, 0.29) is 30.0 Å². The van der Waals surface area contributed by atoms with Gasteiger partial charge >= 0.3 is 5.96 Å². The van der Waals surface area contributed by atoms with Gasteiger partial charge < -0.3 is 15.0 Å². The molecule has 0 aliphatic carbocycles. The highest BCUT2D eigenvalue weighted by Gasteiger charge is 2.19. The van der Waals surface area contributed by atoms with Crippen molar-refractivity contribution < 1.29 is 15.3 Å². The summed E-state index contributed by atoms with van der Waals surface area (Å²) >= 11 is 0. The van der Waals surface area contributed by atoms with Crippen LogP contribution in [0.25, 0.3) is 10.9 Å². The molecule has 8 nitrogen and oxygen atoms in total. The van der Waals surface area contributed by atoms with Crippen molar-refractivity contribution in [1.29, 1.82) is 0 Å². The molecule has 8 heteroatoms. The molecule has 0 bridgehead atoms. The molecule has 1 amide bonds. The predicted molar refractivity (Wildman–Crippen MR) is 99.0 cm³/mol. The number of nitrogens with two attached hydrogens (primary N) is 2. The van der Waals surface area contributed by atoms with Gasteiger partial charge in [-0.25, -0.2) is 0 Å². The Morgan fingerprint density at radius 3 is 2.77 bits per heavy atom. The molecule has 3 aromatic rings. The van der Waals surface area contributed by atoms with E-state index in [4.69, 9.17) is 11.1 Å². The molecule has 132 valence electrons. The van der Waals surface area contributed by atoms with Crippen molar-refractivity contribution >= 4 is 34.1 Å². The normalized spacial score (nSPS) is 11.1. The second kappa shape index (κ2) is 7.06. The summed E-state index contributed by atoms with van der Waals surface area (Å²) < 4.78 is 1.46. The first-order chi connectivity index (χ1) is 12.5. The third-order valence-electron chi connectivity index (χ3n) is 3.79. The van der Waals surface area contributed by atoms with Crippen molar-refractivity contribution in [3.8, 4) is 5.88 Å². The Balaban J connectivity index is 1.93. The number of azo groups is 1. The van der Waals surface area contributed by atoms with E-state index in [0.29, 0.717) is 16.6 Å². The highest BCUT2D eigenvalue weighted by molar-refractivity contribution is 5.98. The number of rotatable bonds is 4. The zero-order chi connectivity index (χ0) is 18.7. The molecule has 0 atom stereocenters. The van der Waals surface area contributed by atoms with Crippen molar-refractivity contribution in [2.45, 2.75) is 13.5 Å². The molecule has 0 aliphatic rings. The Labute approximate surface area is 149 Å². The van der Waals surface area contributed by atoms with Gasteiger partial charge in [0.1, 0.15) is 6.54 Å². The van der Waals surface area contributed by atoms with Crippen molar-refractivity contribution in [2.24, 2.45) is 16.0 Å². The third kappa shape index (κ3) is 3.54. The number of nitrogens with zero attached hydrogens (tertiary/aromatic N) is 3. The SMILES string of the molecule is Cc1cccc(NC(=O)Cn2c(O)c(N=NC(N)=[NH2+])c3ccccc32)c1. The van der Waals surface area contributed by atoms with Gasteiger partial charge in [0, 0.05) is 16.2 Å². The van der Waals surface area contributed by atoms with E-state index < -0.39 is 0 Å². The van der Waals surface area contributed by atoms with Crippen molar-refractivity contribution in [2.75, 3.05) is 5.32 Å². The second-order valence-corrected chi connectivity index (χ2v) is 5.82. The predicted octanol–water partition coefficient (Wildman–Crippen LogP) is 1.45. The first-order valence-electron chi connectivity index (χ1n) is 7.92. The van der Waals surface area contributed by atoms with Crippen LogP contribution in [-0.4, -0.2) is 21.5 Å². The Hall–Kier alpha value is -3.68. The number of amides is 1. The zero-order valence-electron chi connectivity index (χ0n) is 14.2. The number of aromatic nitrogens is 1. The number of carbonyl (C=O) groups is 1. The molecule has 0 saturated heterocycles. The Morgan fingerprint density at radius 2 is 2.04 bits per heavy atom. The average molecular weight is 351 g/mol. The molecule has 0 saturated carbocycles. The molecule has 0 radical (unpaired) electrons. The van der Waals surface area contributed by atoms with E-state index in [1.165, 1.54) is 4.57 Å². The van der Waals surface area contributed by atoms with Gasteiger partial charge in [-0.15, -0.1) is 0 Å². The van der Waals surface area contributed by atoms with Crippen molar-refractivity contribution in [3.05, 3.63) is 54.1 Å². The summed E-state index contributed by atoms with van der Waals surface area (Å²) in [6.45, 7) is 1.86. The van der Waals surface area contributed by atoms with Gasteiger partial charge in [-0.3, -0.25) is 15.9 Å². The lowest BCUT2D eigenvalue weighted by molar-refractivity contribution is -0.117. The van der Waals surface area contributed by atoms with Gasteiger partial charge in [-0.1, -0.05) is 35.4 Å². The number of guanidine groups is 1. The minimum Gasteiger partial charge on any atom is -0.493 e. The monoisotopic (exact) mass is 351 g/mol. The molecular formula is C18H19N6O2+. The van der Waals surface area contributed by atoms with Gasteiger partial charge in [0.15, 0.2) is 5.69 Å². The van der Waals surface area contributed by atoms with E-state index in [2.05, 4.69) is 15.5 Å². The number of hydrogen-bond acceptors (Lipinski definition) is 3. The number of hydrogen-bond donors (Lipinski definition) is 4. The molecule has 6 N–H and O–H groups in total. The number of nitrogens with one attached hydrogen (secondary N) is 1. The molecule has 2 aromatic carbocycles. The van der Waals surface area contributed by atoms with Crippen LogP contribution in [0.4, 0.5) is 11.4 Å². The molecular weight excluding hydrogens is 332 g/mol. The van der Waals surface area contributed by atoms with Crippen LogP contribution in [0, 0.1) is 6.92 Å². The number of para-hydroxylation sites is 1. The van der Waals surface area contributed by atoms with Gasteiger partial charge in [0.2, 0.25) is 11.8 Å². The minimum absolute atomic E-state index is 0.0857. The maximum atomic E-state index is 12.4. The molecule has 1 aromatic heterocycles. The quantitative estimate of drug-likeness (QED) is 0.322. The molecule has 0 unspecified atom stereocenters. The smallest absolute Gasteiger partial charge is 0.403 e. The molecule has 0 fully saturated rings. The maximum Gasteiger partial charge on any atom is 0.403 e. The zero-order valence-corrected chi connectivity index (χ0v) is 14.2. The lowest BCUT2D eigenvalue weighted by Crippen LogP contribution is -2.43. The molecule has 0 aliphatic heterocycles. The average Bonchev–Trinajstić information content (AvgIpc) is 2.85. The Morgan fingerprint density at radius 1 is 1.27 bits per heavy atom. The fourth-order valence-electron chi connectivity index (χ4n) is 2.70. The first kappa shape index (κ1) is 17.2. The van der Waals surface area contributed by atoms with Crippen LogP contribution in [0.5, 0.6) is 5.88 Å². The van der Waals surface area contributed by atoms with Crippen molar-refractivity contribution in [3.63, 3.8) is 0 Å². The summed E-state index contributed by atoms with van der Waals surface area (Å²) in [5.74, 6) is -0.686. The summed E-state index contributed by atoms with van der Waals surface area (Å²) in [5.41, 5.74) is 7.88. The Kier molecular flexibility index (Phi) is 4.66. The largest absolute Gasteiger partial charge is 0.493 e. The maximum absolute atomic E-state index is 12.4. The molecule has 26 heavy (non-hydrogen) atoms. The molecule has 1 heterocycles. The highest BCUT2D eigenvalue weighted by atomic mass is 16.3. The number of benzene rings is 2. The summed E-state index contributed by atoms with van der Waals surface area (Å²) in [7, 11) is 0. The van der Waals surface area contributed by atoms with E-state index in [0.717, 1.165) is 5.56 Å².